The first-order valence-corrected chi connectivity index (χ1v) is 8.66. The second-order valence-electron chi connectivity index (χ2n) is 5.97. The van der Waals surface area contributed by atoms with Gasteiger partial charge in [0.2, 0.25) is 6.79 Å². The van der Waals surface area contributed by atoms with Crippen molar-refractivity contribution in [2.24, 2.45) is 0 Å². The molecule has 0 saturated carbocycles. The molecular weight excluding hydrogens is 344 g/mol. The predicted molar refractivity (Wildman–Crippen MR) is 103 cm³/mol. The number of para-hydroxylation sites is 1. The molecule has 1 aliphatic heterocycles. The van der Waals surface area contributed by atoms with E-state index in [2.05, 4.69) is 26.7 Å². The highest BCUT2D eigenvalue weighted by Gasteiger charge is 2.13. The van der Waals surface area contributed by atoms with Crippen LogP contribution in [-0.2, 0) is 6.42 Å². The maximum absolute atomic E-state index is 5.40. The van der Waals surface area contributed by atoms with Crippen LogP contribution in [0.15, 0.2) is 54.9 Å². The van der Waals surface area contributed by atoms with Gasteiger partial charge in [-0.3, -0.25) is 0 Å². The minimum atomic E-state index is 0.257. The van der Waals surface area contributed by atoms with Crippen molar-refractivity contribution in [2.45, 2.75) is 6.42 Å². The lowest BCUT2D eigenvalue weighted by Crippen LogP contribution is -2.08. The van der Waals surface area contributed by atoms with Crippen LogP contribution in [-0.4, -0.2) is 30.4 Å². The summed E-state index contributed by atoms with van der Waals surface area (Å²) in [6, 6.07) is 15.6. The van der Waals surface area contributed by atoms with Crippen LogP contribution < -0.4 is 24.8 Å². The fraction of sp³-hybridized carbons (Fsp3) is 0.200. The molecule has 138 valence electrons. The maximum Gasteiger partial charge on any atom is 0.231 e. The Labute approximate surface area is 157 Å². The topological polar surface area (TPSA) is 77.5 Å². The summed E-state index contributed by atoms with van der Waals surface area (Å²) in [6.07, 6.45) is 2.36. The van der Waals surface area contributed by atoms with Gasteiger partial charge in [-0.15, -0.1) is 0 Å². The molecule has 27 heavy (non-hydrogen) atoms. The van der Waals surface area contributed by atoms with Crippen LogP contribution in [0.5, 0.6) is 17.2 Å². The molecule has 0 atom stereocenters. The molecule has 0 bridgehead atoms. The molecule has 0 saturated heterocycles. The summed E-state index contributed by atoms with van der Waals surface area (Å²) in [4.78, 5) is 8.54. The molecule has 0 fully saturated rings. The number of nitrogens with one attached hydrogen (secondary N) is 2. The van der Waals surface area contributed by atoms with Crippen LogP contribution in [0.3, 0.4) is 0 Å². The first kappa shape index (κ1) is 17.0. The molecule has 7 heteroatoms. The van der Waals surface area contributed by atoms with E-state index in [4.69, 9.17) is 14.2 Å². The minimum Gasteiger partial charge on any atom is -0.496 e. The second kappa shape index (κ2) is 7.82. The molecule has 1 aliphatic rings. The minimum absolute atomic E-state index is 0.257. The summed E-state index contributed by atoms with van der Waals surface area (Å²) in [7, 11) is 1.69. The van der Waals surface area contributed by atoms with Crippen molar-refractivity contribution >= 4 is 17.3 Å². The number of fused-ring (bicyclic) bond motifs is 1. The average molecular weight is 364 g/mol. The van der Waals surface area contributed by atoms with Crippen LogP contribution in [0.2, 0.25) is 0 Å². The van der Waals surface area contributed by atoms with Crippen LogP contribution in [0.25, 0.3) is 0 Å². The highest BCUT2D eigenvalue weighted by atomic mass is 16.7. The van der Waals surface area contributed by atoms with Crippen molar-refractivity contribution in [2.75, 3.05) is 31.1 Å². The molecule has 0 unspecified atom stereocenters. The van der Waals surface area contributed by atoms with E-state index >= 15 is 0 Å². The number of nitrogens with zero attached hydrogens (tertiary/aromatic N) is 2. The predicted octanol–water partition coefficient (Wildman–Crippen LogP) is 3.61. The molecule has 2 N–H and O–H groups in total. The quantitative estimate of drug-likeness (QED) is 0.663. The second-order valence-corrected chi connectivity index (χ2v) is 5.97. The summed E-state index contributed by atoms with van der Waals surface area (Å²) in [5.41, 5.74) is 2.03. The van der Waals surface area contributed by atoms with Gasteiger partial charge in [0, 0.05) is 24.4 Å². The number of rotatable bonds is 7. The molecule has 0 spiro atoms. The monoisotopic (exact) mass is 364 g/mol. The fourth-order valence-electron chi connectivity index (χ4n) is 2.88. The molecule has 4 rings (SSSR count). The molecule has 2 heterocycles. The Kier molecular flexibility index (Phi) is 4.91. The highest BCUT2D eigenvalue weighted by molar-refractivity contribution is 5.63. The van der Waals surface area contributed by atoms with E-state index < -0.39 is 0 Å². The lowest BCUT2D eigenvalue weighted by molar-refractivity contribution is 0.174. The normalized spacial score (nSPS) is 11.9. The SMILES string of the molecule is COc1ccccc1CCNc1cc(Nc2ccc3c(c2)OCO3)ncn1. The number of hydrogen-bond acceptors (Lipinski definition) is 7. The van der Waals surface area contributed by atoms with Crippen molar-refractivity contribution in [1.82, 2.24) is 9.97 Å². The van der Waals surface area contributed by atoms with Crippen LogP contribution in [0.4, 0.5) is 17.3 Å². The van der Waals surface area contributed by atoms with Gasteiger partial charge >= 0.3 is 0 Å². The molecule has 7 nitrogen and oxygen atoms in total. The number of benzene rings is 2. The van der Waals surface area contributed by atoms with Crippen LogP contribution in [0, 0.1) is 0 Å². The molecule has 0 radical (unpaired) electrons. The first-order valence-electron chi connectivity index (χ1n) is 8.66. The largest absolute Gasteiger partial charge is 0.496 e. The molecule has 0 aliphatic carbocycles. The van der Waals surface area contributed by atoms with Crippen LogP contribution in [0.1, 0.15) is 5.56 Å². The van der Waals surface area contributed by atoms with Crippen molar-refractivity contribution in [3.63, 3.8) is 0 Å². The van der Waals surface area contributed by atoms with Crippen molar-refractivity contribution < 1.29 is 14.2 Å². The first-order chi connectivity index (χ1) is 13.3. The van der Waals surface area contributed by atoms with Gasteiger partial charge in [0.15, 0.2) is 11.5 Å². The third-order valence-corrected chi connectivity index (χ3v) is 4.21. The average Bonchev–Trinajstić information content (AvgIpc) is 3.16. The van der Waals surface area contributed by atoms with Gasteiger partial charge in [-0.05, 0) is 30.2 Å². The summed E-state index contributed by atoms with van der Waals surface area (Å²) >= 11 is 0. The Balaban J connectivity index is 1.37. The lowest BCUT2D eigenvalue weighted by atomic mass is 10.1. The Bertz CT molecular complexity index is 933. The molecule has 1 aromatic heterocycles. The Morgan fingerprint density at radius 3 is 2.78 bits per heavy atom. The number of aromatic nitrogens is 2. The van der Waals surface area contributed by atoms with Crippen LogP contribution >= 0.6 is 0 Å². The number of hydrogen-bond donors (Lipinski definition) is 2. The number of anilines is 3. The van der Waals surface area contributed by atoms with Gasteiger partial charge in [0.05, 0.1) is 7.11 Å². The Morgan fingerprint density at radius 2 is 1.85 bits per heavy atom. The number of methoxy groups -OCH3 is 1. The fourth-order valence-corrected chi connectivity index (χ4v) is 2.88. The van der Waals surface area contributed by atoms with E-state index in [1.807, 2.05) is 42.5 Å². The van der Waals surface area contributed by atoms with Gasteiger partial charge in [-0.1, -0.05) is 18.2 Å². The lowest BCUT2D eigenvalue weighted by Gasteiger charge is -2.10. The van der Waals surface area contributed by atoms with Gasteiger partial charge in [0.1, 0.15) is 23.7 Å². The standard InChI is InChI=1S/C20H20N4O3/c1-25-16-5-3-2-4-14(16)8-9-21-19-11-20(23-12-22-19)24-15-6-7-17-18(10-15)27-13-26-17/h2-7,10-12H,8-9,13H2,1H3,(H2,21,22,23,24). The van der Waals surface area contributed by atoms with E-state index in [0.717, 1.165) is 47.3 Å². The van der Waals surface area contributed by atoms with E-state index in [0.29, 0.717) is 5.82 Å². The number of ether oxygens (including phenoxy) is 3. The Hall–Kier alpha value is -3.48. The summed E-state index contributed by atoms with van der Waals surface area (Å²) in [5, 5.41) is 6.57. The van der Waals surface area contributed by atoms with Gasteiger partial charge < -0.3 is 24.8 Å². The molecular formula is C20H20N4O3. The Morgan fingerprint density at radius 1 is 1.00 bits per heavy atom. The highest BCUT2D eigenvalue weighted by Crippen LogP contribution is 2.35. The van der Waals surface area contributed by atoms with Gasteiger partial charge in [0.25, 0.3) is 0 Å². The summed E-state index contributed by atoms with van der Waals surface area (Å²) in [6.45, 7) is 0.993. The van der Waals surface area contributed by atoms with Crippen molar-refractivity contribution in [3.05, 3.63) is 60.4 Å². The zero-order chi connectivity index (χ0) is 18.5. The molecule has 2 aromatic carbocycles. The zero-order valence-electron chi connectivity index (χ0n) is 14.9. The smallest absolute Gasteiger partial charge is 0.231 e. The van der Waals surface area contributed by atoms with E-state index in [1.54, 1.807) is 7.11 Å². The van der Waals surface area contributed by atoms with Crippen molar-refractivity contribution in [1.29, 1.82) is 0 Å². The third-order valence-electron chi connectivity index (χ3n) is 4.21. The van der Waals surface area contributed by atoms with Gasteiger partial charge in [-0.25, -0.2) is 9.97 Å². The summed E-state index contributed by atoms with van der Waals surface area (Å²) in [5.74, 6) is 3.82. The molecule has 0 amide bonds. The summed E-state index contributed by atoms with van der Waals surface area (Å²) < 4.78 is 16.1. The van der Waals surface area contributed by atoms with E-state index in [-0.39, 0.29) is 6.79 Å². The van der Waals surface area contributed by atoms with E-state index in [1.165, 1.54) is 6.33 Å². The third kappa shape index (κ3) is 4.03. The van der Waals surface area contributed by atoms with Crippen molar-refractivity contribution in [3.8, 4) is 17.2 Å². The molecule has 3 aromatic rings. The zero-order valence-corrected chi connectivity index (χ0v) is 14.9. The maximum atomic E-state index is 5.40. The van der Waals surface area contributed by atoms with Gasteiger partial charge in [-0.2, -0.15) is 0 Å². The van der Waals surface area contributed by atoms with E-state index in [9.17, 15) is 0 Å².